The summed E-state index contributed by atoms with van der Waals surface area (Å²) in [6.07, 6.45) is 1.90. The third-order valence-corrected chi connectivity index (χ3v) is 6.18. The molecule has 0 saturated heterocycles. The van der Waals surface area contributed by atoms with Gasteiger partial charge in [0.15, 0.2) is 5.82 Å². The first-order chi connectivity index (χ1) is 16.3. The van der Waals surface area contributed by atoms with Crippen LogP contribution >= 0.6 is 0 Å². The number of hydrogen-bond donors (Lipinski definition) is 0. The molecule has 0 aliphatic rings. The molecule has 0 radical (unpaired) electrons. The molecule has 0 unspecified atom stereocenters. The summed E-state index contributed by atoms with van der Waals surface area (Å²) in [5.41, 5.74) is 8.78. The lowest BCUT2D eigenvalue weighted by Gasteiger charge is -2.22. The van der Waals surface area contributed by atoms with Gasteiger partial charge in [0.2, 0.25) is 0 Å². The average Bonchev–Trinajstić information content (AvgIpc) is 2.82. The Labute approximate surface area is 201 Å². The molecule has 0 saturated carbocycles. The summed E-state index contributed by atoms with van der Waals surface area (Å²) in [6, 6.07) is 27.9. The third-order valence-electron chi connectivity index (χ3n) is 6.18. The number of benzene rings is 3. The highest BCUT2D eigenvalue weighted by Gasteiger charge is 2.18. The third kappa shape index (κ3) is 4.34. The van der Waals surface area contributed by atoms with E-state index in [1.54, 1.807) is 0 Å². The van der Waals surface area contributed by atoms with Crippen LogP contribution in [0.4, 0.5) is 0 Å². The van der Waals surface area contributed by atoms with Gasteiger partial charge in [0.1, 0.15) is 0 Å². The van der Waals surface area contributed by atoms with Crippen molar-refractivity contribution in [2.24, 2.45) is 0 Å². The lowest BCUT2D eigenvalue weighted by molar-refractivity contribution is 0.596. The molecule has 5 rings (SSSR count). The summed E-state index contributed by atoms with van der Waals surface area (Å²) < 4.78 is 0. The number of aryl methyl sites for hydroxylation is 2. The van der Waals surface area contributed by atoms with Gasteiger partial charge in [0.25, 0.3) is 0 Å². The van der Waals surface area contributed by atoms with Crippen molar-refractivity contribution in [2.75, 3.05) is 0 Å². The average molecular weight is 444 g/mol. The zero-order chi connectivity index (χ0) is 23.9. The molecule has 0 amide bonds. The van der Waals surface area contributed by atoms with Crippen LogP contribution in [0.2, 0.25) is 0 Å². The SMILES string of the molecule is Cc1cc(C)nc(-c2ccc(-c3ccnc(-c4cc(C(C)(C)C)c5ccccc5c4)c3)cc2)n1. The minimum atomic E-state index is 0.0409. The number of pyridine rings is 1. The van der Waals surface area contributed by atoms with E-state index in [0.717, 1.165) is 45.2 Å². The summed E-state index contributed by atoms with van der Waals surface area (Å²) in [5, 5.41) is 2.55. The van der Waals surface area contributed by atoms with E-state index in [1.165, 1.54) is 16.3 Å². The van der Waals surface area contributed by atoms with Crippen molar-refractivity contribution in [3.05, 3.63) is 102 Å². The predicted octanol–water partition coefficient (Wildman–Crippen LogP) is 7.94. The molecule has 0 N–H and O–H groups in total. The molecule has 3 nitrogen and oxygen atoms in total. The zero-order valence-electron chi connectivity index (χ0n) is 20.4. The molecule has 168 valence electrons. The van der Waals surface area contributed by atoms with Crippen LogP contribution in [0.3, 0.4) is 0 Å². The number of fused-ring (bicyclic) bond motifs is 1. The molecule has 0 aliphatic carbocycles. The summed E-state index contributed by atoms with van der Waals surface area (Å²) in [6.45, 7) is 10.8. The largest absolute Gasteiger partial charge is 0.256 e. The van der Waals surface area contributed by atoms with Crippen molar-refractivity contribution in [1.29, 1.82) is 0 Å². The zero-order valence-corrected chi connectivity index (χ0v) is 20.4. The van der Waals surface area contributed by atoms with Crippen LogP contribution in [0.25, 0.3) is 44.5 Å². The summed E-state index contributed by atoms with van der Waals surface area (Å²) >= 11 is 0. The molecule has 34 heavy (non-hydrogen) atoms. The van der Waals surface area contributed by atoms with E-state index in [9.17, 15) is 0 Å². The quantitative estimate of drug-likeness (QED) is 0.284. The van der Waals surface area contributed by atoms with Gasteiger partial charge in [-0.1, -0.05) is 69.3 Å². The van der Waals surface area contributed by atoms with Gasteiger partial charge in [-0.3, -0.25) is 4.98 Å². The Kier molecular flexibility index (Phi) is 5.49. The second kappa shape index (κ2) is 8.49. The van der Waals surface area contributed by atoms with E-state index in [0.29, 0.717) is 0 Å². The van der Waals surface area contributed by atoms with E-state index in [4.69, 9.17) is 4.98 Å². The van der Waals surface area contributed by atoms with Gasteiger partial charge in [-0.15, -0.1) is 0 Å². The topological polar surface area (TPSA) is 38.7 Å². The van der Waals surface area contributed by atoms with Crippen molar-refractivity contribution < 1.29 is 0 Å². The van der Waals surface area contributed by atoms with Crippen LogP contribution in [0.1, 0.15) is 37.7 Å². The normalized spacial score (nSPS) is 11.7. The van der Waals surface area contributed by atoms with E-state index in [-0.39, 0.29) is 5.41 Å². The monoisotopic (exact) mass is 443 g/mol. The Balaban J connectivity index is 1.54. The number of aromatic nitrogens is 3. The van der Waals surface area contributed by atoms with Gasteiger partial charge in [0.05, 0.1) is 5.69 Å². The molecule has 0 spiro atoms. The van der Waals surface area contributed by atoms with Crippen LogP contribution < -0.4 is 0 Å². The maximum absolute atomic E-state index is 4.73. The van der Waals surface area contributed by atoms with Crippen LogP contribution in [0.15, 0.2) is 85.1 Å². The first-order valence-electron chi connectivity index (χ1n) is 11.7. The maximum atomic E-state index is 4.73. The van der Waals surface area contributed by atoms with Crippen molar-refractivity contribution in [3.8, 4) is 33.8 Å². The van der Waals surface area contributed by atoms with E-state index < -0.39 is 0 Å². The predicted molar refractivity (Wildman–Crippen MR) is 142 cm³/mol. The van der Waals surface area contributed by atoms with E-state index in [2.05, 4.69) is 104 Å². The van der Waals surface area contributed by atoms with Crippen molar-refractivity contribution in [2.45, 2.75) is 40.0 Å². The molecule has 3 heteroatoms. The second-order valence-electron chi connectivity index (χ2n) is 9.98. The smallest absolute Gasteiger partial charge is 0.159 e. The highest BCUT2D eigenvalue weighted by molar-refractivity contribution is 5.91. The molecular weight excluding hydrogens is 414 g/mol. The number of rotatable bonds is 3. The highest BCUT2D eigenvalue weighted by Crippen LogP contribution is 2.35. The summed E-state index contributed by atoms with van der Waals surface area (Å²) in [7, 11) is 0. The standard InChI is InChI=1S/C31H29N3/c1-20-16-21(2)34-30(33-20)23-12-10-22(11-13-23)24-14-15-32-29(19-24)26-17-25-8-6-7-9-27(25)28(18-26)31(3,4)5/h6-19H,1-5H3. The van der Waals surface area contributed by atoms with Crippen LogP contribution in [-0.2, 0) is 5.41 Å². The number of nitrogens with zero attached hydrogens (tertiary/aromatic N) is 3. The molecule has 0 aliphatic heterocycles. The molecule has 3 aromatic carbocycles. The summed E-state index contributed by atoms with van der Waals surface area (Å²) in [4.78, 5) is 13.9. The molecule has 0 fully saturated rings. The van der Waals surface area contributed by atoms with Gasteiger partial charge in [-0.25, -0.2) is 9.97 Å². The minimum absolute atomic E-state index is 0.0409. The molecule has 0 atom stereocenters. The second-order valence-corrected chi connectivity index (χ2v) is 9.98. The molecule has 0 bridgehead atoms. The Morgan fingerprint density at radius 3 is 2.00 bits per heavy atom. The van der Waals surface area contributed by atoms with Crippen molar-refractivity contribution in [3.63, 3.8) is 0 Å². The minimum Gasteiger partial charge on any atom is -0.256 e. The Morgan fingerprint density at radius 2 is 1.29 bits per heavy atom. The lowest BCUT2D eigenvalue weighted by Crippen LogP contribution is -2.12. The fourth-order valence-electron chi connectivity index (χ4n) is 4.51. The van der Waals surface area contributed by atoms with Gasteiger partial charge in [0, 0.05) is 28.7 Å². The fraction of sp³-hybridized carbons (Fsp3) is 0.194. The Hall–Kier alpha value is -3.85. The Bertz CT molecular complexity index is 1470. The van der Waals surface area contributed by atoms with Gasteiger partial charge in [-0.2, -0.15) is 0 Å². The fourth-order valence-corrected chi connectivity index (χ4v) is 4.51. The van der Waals surface area contributed by atoms with E-state index in [1.807, 2.05) is 26.1 Å². The molecule has 2 aromatic heterocycles. The van der Waals surface area contributed by atoms with Crippen LogP contribution in [-0.4, -0.2) is 15.0 Å². The molecular formula is C31H29N3. The van der Waals surface area contributed by atoms with Crippen LogP contribution in [0, 0.1) is 13.8 Å². The maximum Gasteiger partial charge on any atom is 0.159 e. The van der Waals surface area contributed by atoms with Gasteiger partial charge < -0.3 is 0 Å². The molecule has 2 heterocycles. The van der Waals surface area contributed by atoms with Gasteiger partial charge in [-0.05, 0) is 77.1 Å². The van der Waals surface area contributed by atoms with Crippen molar-refractivity contribution >= 4 is 10.8 Å². The molecule has 5 aromatic rings. The van der Waals surface area contributed by atoms with Gasteiger partial charge >= 0.3 is 0 Å². The first-order valence-corrected chi connectivity index (χ1v) is 11.7. The van der Waals surface area contributed by atoms with Crippen molar-refractivity contribution in [1.82, 2.24) is 15.0 Å². The van der Waals surface area contributed by atoms with E-state index >= 15 is 0 Å². The van der Waals surface area contributed by atoms with Crippen LogP contribution in [0.5, 0.6) is 0 Å². The Morgan fingerprint density at radius 1 is 0.618 bits per heavy atom. The number of hydrogen-bond acceptors (Lipinski definition) is 3. The highest BCUT2D eigenvalue weighted by atomic mass is 14.9. The first kappa shape index (κ1) is 22.0. The summed E-state index contributed by atoms with van der Waals surface area (Å²) in [5.74, 6) is 0.769. The lowest BCUT2D eigenvalue weighted by atomic mass is 9.82.